The Hall–Kier alpha value is -0.570. The summed E-state index contributed by atoms with van der Waals surface area (Å²) in [5.41, 5.74) is -0.0743. The lowest BCUT2D eigenvalue weighted by Gasteiger charge is -2.37. The first-order valence-electron chi connectivity index (χ1n) is 5.83. The smallest absolute Gasteiger partial charge is 0.103 e. The van der Waals surface area contributed by atoms with E-state index in [0.29, 0.717) is 5.02 Å². The molecule has 1 aliphatic rings. The van der Waals surface area contributed by atoms with Crippen molar-refractivity contribution in [1.82, 2.24) is 5.32 Å². The zero-order valence-electron chi connectivity index (χ0n) is 9.54. The topological polar surface area (TPSA) is 32.3 Å². The molecule has 2 rings (SSSR count). The second-order valence-electron chi connectivity index (χ2n) is 4.63. The molecule has 1 aromatic carbocycles. The third kappa shape index (κ3) is 2.24. The van der Waals surface area contributed by atoms with Gasteiger partial charge in [0.25, 0.3) is 0 Å². The molecule has 0 saturated carbocycles. The number of aliphatic hydroxyl groups is 1. The first-order valence-corrected chi connectivity index (χ1v) is 6.21. The van der Waals surface area contributed by atoms with Crippen LogP contribution < -0.4 is 5.32 Å². The first-order chi connectivity index (χ1) is 7.62. The van der Waals surface area contributed by atoms with Crippen molar-refractivity contribution < 1.29 is 5.11 Å². The second-order valence-corrected chi connectivity index (χ2v) is 5.04. The third-order valence-electron chi connectivity index (χ3n) is 3.41. The molecule has 3 heteroatoms. The average Bonchev–Trinajstić information content (AvgIpc) is 2.30. The minimum Gasteiger partial charge on any atom is -0.384 e. The predicted molar refractivity (Wildman–Crippen MR) is 66.7 cm³/mol. The summed E-state index contributed by atoms with van der Waals surface area (Å²) in [6.07, 6.45) is 3.35. The molecule has 0 aliphatic carbocycles. The Labute approximate surface area is 102 Å². The summed E-state index contributed by atoms with van der Waals surface area (Å²) in [5, 5.41) is 14.7. The van der Waals surface area contributed by atoms with E-state index in [0.717, 1.165) is 24.9 Å². The van der Waals surface area contributed by atoms with Gasteiger partial charge in [0, 0.05) is 16.6 Å². The maximum Gasteiger partial charge on any atom is 0.103 e. The van der Waals surface area contributed by atoms with Crippen LogP contribution in [0.5, 0.6) is 0 Å². The highest BCUT2D eigenvalue weighted by Gasteiger charge is 2.35. The van der Waals surface area contributed by atoms with Crippen molar-refractivity contribution in [3.05, 3.63) is 34.9 Å². The Morgan fingerprint density at radius 1 is 1.38 bits per heavy atom. The van der Waals surface area contributed by atoms with Gasteiger partial charge < -0.3 is 10.4 Å². The van der Waals surface area contributed by atoms with E-state index in [4.69, 9.17) is 11.6 Å². The Morgan fingerprint density at radius 3 is 2.75 bits per heavy atom. The molecule has 0 radical (unpaired) electrons. The van der Waals surface area contributed by atoms with Crippen LogP contribution in [0.3, 0.4) is 0 Å². The first kappa shape index (κ1) is 11.9. The summed E-state index contributed by atoms with van der Waals surface area (Å²) in [5.74, 6) is 0. The normalized spacial score (nSPS) is 25.1. The fourth-order valence-corrected chi connectivity index (χ4v) is 2.72. The SMILES string of the molecule is CC(O)(c1ccccc1Cl)C1CCCCN1. The van der Waals surface area contributed by atoms with Crippen LogP contribution in [0.1, 0.15) is 31.7 Å². The van der Waals surface area contributed by atoms with E-state index in [1.165, 1.54) is 6.42 Å². The summed E-state index contributed by atoms with van der Waals surface area (Å²) >= 11 is 6.14. The number of halogens is 1. The maximum atomic E-state index is 10.6. The predicted octanol–water partition coefficient (Wildman–Crippen LogP) is 2.69. The maximum absolute atomic E-state index is 10.6. The molecule has 1 aromatic rings. The highest BCUT2D eigenvalue weighted by Crippen LogP contribution is 2.33. The van der Waals surface area contributed by atoms with Gasteiger partial charge in [0.2, 0.25) is 0 Å². The van der Waals surface area contributed by atoms with E-state index in [9.17, 15) is 5.11 Å². The van der Waals surface area contributed by atoms with Crippen LogP contribution in [0.2, 0.25) is 5.02 Å². The molecular weight excluding hydrogens is 222 g/mol. The number of piperidine rings is 1. The van der Waals surface area contributed by atoms with Gasteiger partial charge in [-0.15, -0.1) is 0 Å². The van der Waals surface area contributed by atoms with Gasteiger partial charge in [-0.2, -0.15) is 0 Å². The molecule has 2 N–H and O–H groups in total. The molecule has 0 amide bonds. The molecule has 2 nitrogen and oxygen atoms in total. The van der Waals surface area contributed by atoms with Crippen molar-refractivity contribution in [1.29, 1.82) is 0 Å². The van der Waals surface area contributed by atoms with Crippen LogP contribution in [0.4, 0.5) is 0 Å². The number of hydrogen-bond acceptors (Lipinski definition) is 2. The van der Waals surface area contributed by atoms with Crippen LogP contribution in [0.15, 0.2) is 24.3 Å². The molecule has 1 fully saturated rings. The van der Waals surface area contributed by atoms with Crippen LogP contribution in [-0.4, -0.2) is 17.7 Å². The summed E-state index contributed by atoms with van der Waals surface area (Å²) in [7, 11) is 0. The molecule has 0 bridgehead atoms. The fourth-order valence-electron chi connectivity index (χ4n) is 2.39. The van der Waals surface area contributed by atoms with E-state index in [1.807, 2.05) is 31.2 Å². The van der Waals surface area contributed by atoms with Gasteiger partial charge in [0.15, 0.2) is 0 Å². The minimum absolute atomic E-state index is 0.0983. The number of hydrogen-bond donors (Lipinski definition) is 2. The number of benzene rings is 1. The van der Waals surface area contributed by atoms with Gasteiger partial charge in [-0.3, -0.25) is 0 Å². The fraction of sp³-hybridized carbons (Fsp3) is 0.538. The monoisotopic (exact) mass is 239 g/mol. The quantitative estimate of drug-likeness (QED) is 0.832. The van der Waals surface area contributed by atoms with E-state index < -0.39 is 5.60 Å². The highest BCUT2D eigenvalue weighted by atomic mass is 35.5. The van der Waals surface area contributed by atoms with Crippen molar-refractivity contribution >= 4 is 11.6 Å². The zero-order chi connectivity index (χ0) is 11.6. The lowest BCUT2D eigenvalue weighted by Crippen LogP contribution is -2.49. The largest absolute Gasteiger partial charge is 0.384 e. The summed E-state index contributed by atoms with van der Waals surface area (Å²) in [4.78, 5) is 0. The van der Waals surface area contributed by atoms with Crippen molar-refractivity contribution in [3.63, 3.8) is 0 Å². The Morgan fingerprint density at radius 2 is 2.12 bits per heavy atom. The summed E-state index contributed by atoms with van der Waals surface area (Å²) in [6.45, 7) is 2.82. The molecule has 0 aromatic heterocycles. The van der Waals surface area contributed by atoms with Crippen LogP contribution >= 0.6 is 11.6 Å². The summed E-state index contributed by atoms with van der Waals surface area (Å²) in [6, 6.07) is 7.63. The molecule has 2 atom stereocenters. The summed E-state index contributed by atoms with van der Waals surface area (Å²) < 4.78 is 0. The molecule has 16 heavy (non-hydrogen) atoms. The van der Waals surface area contributed by atoms with E-state index in [2.05, 4.69) is 5.32 Å². The van der Waals surface area contributed by atoms with Gasteiger partial charge in [0.05, 0.1) is 0 Å². The number of rotatable bonds is 2. The molecule has 1 aliphatic heterocycles. The van der Waals surface area contributed by atoms with Crippen molar-refractivity contribution in [2.24, 2.45) is 0 Å². The van der Waals surface area contributed by atoms with Crippen molar-refractivity contribution in [2.75, 3.05) is 6.54 Å². The van der Waals surface area contributed by atoms with E-state index in [1.54, 1.807) is 0 Å². The third-order valence-corrected chi connectivity index (χ3v) is 3.74. The van der Waals surface area contributed by atoms with Crippen LogP contribution in [-0.2, 0) is 5.60 Å². The number of nitrogens with one attached hydrogen (secondary N) is 1. The Kier molecular flexibility index (Phi) is 3.53. The van der Waals surface area contributed by atoms with Crippen LogP contribution in [0, 0.1) is 0 Å². The van der Waals surface area contributed by atoms with Gasteiger partial charge in [-0.25, -0.2) is 0 Å². The molecule has 1 saturated heterocycles. The average molecular weight is 240 g/mol. The van der Waals surface area contributed by atoms with E-state index >= 15 is 0 Å². The minimum atomic E-state index is -0.890. The molecular formula is C13H18ClNO. The van der Waals surface area contributed by atoms with Crippen molar-refractivity contribution in [2.45, 2.75) is 37.8 Å². The van der Waals surface area contributed by atoms with E-state index in [-0.39, 0.29) is 6.04 Å². The molecule has 88 valence electrons. The van der Waals surface area contributed by atoms with Crippen LogP contribution in [0.25, 0.3) is 0 Å². The van der Waals surface area contributed by atoms with Gasteiger partial charge in [-0.05, 0) is 32.4 Å². The lowest BCUT2D eigenvalue weighted by atomic mass is 9.84. The van der Waals surface area contributed by atoms with Crippen molar-refractivity contribution in [3.8, 4) is 0 Å². The highest BCUT2D eigenvalue weighted by molar-refractivity contribution is 6.31. The van der Waals surface area contributed by atoms with Gasteiger partial charge in [0.1, 0.15) is 5.60 Å². The molecule has 1 heterocycles. The Balaban J connectivity index is 2.26. The second kappa shape index (κ2) is 4.74. The Bertz CT molecular complexity index is 359. The lowest BCUT2D eigenvalue weighted by molar-refractivity contribution is 0.00578. The zero-order valence-corrected chi connectivity index (χ0v) is 10.3. The molecule has 2 unspecified atom stereocenters. The molecule has 0 spiro atoms. The van der Waals surface area contributed by atoms with Gasteiger partial charge >= 0.3 is 0 Å². The standard InChI is InChI=1S/C13H18ClNO/c1-13(16,12-8-4-5-9-15-12)10-6-2-3-7-11(10)14/h2-3,6-7,12,15-16H,4-5,8-9H2,1H3. The van der Waals surface area contributed by atoms with Gasteiger partial charge in [-0.1, -0.05) is 36.2 Å².